The number of hydrogen-bond acceptors (Lipinski definition) is 2. The minimum Gasteiger partial charge on any atom is -0.331 e. The highest BCUT2D eigenvalue weighted by Gasteiger charge is 2.45. The van der Waals surface area contributed by atoms with Gasteiger partial charge in [-0.15, -0.1) is 0 Å². The molecule has 2 atom stereocenters. The van der Waals surface area contributed by atoms with E-state index in [2.05, 4.69) is 0 Å². The molecule has 6 heteroatoms. The third kappa shape index (κ3) is 2.17. The van der Waals surface area contributed by atoms with Crippen LogP contribution in [0.5, 0.6) is 0 Å². The zero-order valence-electron chi connectivity index (χ0n) is 7.84. The molecule has 0 radical (unpaired) electrons. The van der Waals surface area contributed by atoms with Crippen molar-refractivity contribution in [3.63, 3.8) is 0 Å². The molecule has 0 spiro atoms. The van der Waals surface area contributed by atoms with E-state index in [1.807, 2.05) is 0 Å². The Kier molecular flexibility index (Phi) is 3.04. The van der Waals surface area contributed by atoms with Crippen LogP contribution < -0.4 is 5.73 Å². The number of amides is 1. The van der Waals surface area contributed by atoms with E-state index in [4.69, 9.17) is 5.73 Å². The van der Waals surface area contributed by atoms with Crippen LogP contribution in [0.4, 0.5) is 13.2 Å². The quantitative estimate of drug-likeness (QED) is 0.730. The Bertz CT molecular complexity index is 229. The minimum absolute atomic E-state index is 0.121. The Balaban J connectivity index is 2.66. The van der Waals surface area contributed by atoms with Crippen molar-refractivity contribution in [3.8, 4) is 0 Å². The molecule has 0 bridgehead atoms. The Hall–Kier alpha value is -0.780. The van der Waals surface area contributed by atoms with Crippen molar-refractivity contribution in [2.75, 3.05) is 13.1 Å². The smallest absolute Gasteiger partial charge is 0.331 e. The Morgan fingerprint density at radius 3 is 2.57 bits per heavy atom. The zero-order chi connectivity index (χ0) is 10.9. The first-order valence-corrected chi connectivity index (χ1v) is 4.42. The lowest BCUT2D eigenvalue weighted by Gasteiger charge is -2.26. The third-order valence-corrected chi connectivity index (χ3v) is 2.51. The van der Waals surface area contributed by atoms with Crippen LogP contribution in [0.15, 0.2) is 0 Å². The van der Waals surface area contributed by atoms with Crippen molar-refractivity contribution in [1.29, 1.82) is 0 Å². The van der Waals surface area contributed by atoms with Crippen molar-refractivity contribution in [3.05, 3.63) is 0 Å². The molecule has 14 heavy (non-hydrogen) atoms. The van der Waals surface area contributed by atoms with E-state index in [0.717, 1.165) is 11.8 Å². The summed E-state index contributed by atoms with van der Waals surface area (Å²) < 4.78 is 36.8. The molecule has 1 rings (SSSR count). The van der Waals surface area contributed by atoms with Crippen LogP contribution >= 0.6 is 0 Å². The molecule has 1 heterocycles. The second-order valence-electron chi connectivity index (χ2n) is 3.57. The van der Waals surface area contributed by atoms with Crippen LogP contribution in [0, 0.1) is 5.92 Å². The van der Waals surface area contributed by atoms with Crippen LogP contribution in [0.2, 0.25) is 0 Å². The van der Waals surface area contributed by atoms with Crippen LogP contribution in [0.3, 0.4) is 0 Å². The van der Waals surface area contributed by atoms with Gasteiger partial charge in [-0.25, -0.2) is 0 Å². The first-order chi connectivity index (χ1) is 6.36. The lowest BCUT2D eigenvalue weighted by molar-refractivity contribution is -0.182. The number of nitrogens with two attached hydrogens (primary N) is 1. The summed E-state index contributed by atoms with van der Waals surface area (Å²) in [6.45, 7) is 1.37. The summed E-state index contributed by atoms with van der Waals surface area (Å²) in [5.74, 6) is -0.586. The summed E-state index contributed by atoms with van der Waals surface area (Å²) in [7, 11) is 0. The number of nitrogens with zero attached hydrogens (tertiary/aromatic N) is 1. The molecule has 2 unspecified atom stereocenters. The SMILES string of the molecule is CC(N1CC(CN)CC1=O)C(F)(F)F. The lowest BCUT2D eigenvalue weighted by Crippen LogP contribution is -2.44. The molecule has 1 amide bonds. The van der Waals surface area contributed by atoms with E-state index in [9.17, 15) is 18.0 Å². The van der Waals surface area contributed by atoms with E-state index in [1.165, 1.54) is 0 Å². The van der Waals surface area contributed by atoms with Gasteiger partial charge in [0.1, 0.15) is 6.04 Å². The van der Waals surface area contributed by atoms with E-state index in [0.29, 0.717) is 0 Å². The fourth-order valence-electron chi connectivity index (χ4n) is 1.52. The van der Waals surface area contributed by atoms with E-state index in [-0.39, 0.29) is 25.4 Å². The molecule has 0 aromatic heterocycles. The summed E-state index contributed by atoms with van der Waals surface area (Å²) in [5, 5.41) is 0. The van der Waals surface area contributed by atoms with Gasteiger partial charge in [0.15, 0.2) is 0 Å². The average Bonchev–Trinajstić information content (AvgIpc) is 2.43. The van der Waals surface area contributed by atoms with Gasteiger partial charge in [0.05, 0.1) is 0 Å². The second kappa shape index (κ2) is 3.76. The van der Waals surface area contributed by atoms with Crippen molar-refractivity contribution >= 4 is 5.91 Å². The van der Waals surface area contributed by atoms with Gasteiger partial charge in [-0.05, 0) is 19.4 Å². The van der Waals surface area contributed by atoms with Gasteiger partial charge in [0.25, 0.3) is 0 Å². The highest BCUT2D eigenvalue weighted by molar-refractivity contribution is 5.79. The van der Waals surface area contributed by atoms with Crippen LogP contribution in [-0.4, -0.2) is 36.1 Å². The highest BCUT2D eigenvalue weighted by Crippen LogP contribution is 2.29. The monoisotopic (exact) mass is 210 g/mol. The summed E-state index contributed by atoms with van der Waals surface area (Å²) in [5.41, 5.74) is 5.31. The summed E-state index contributed by atoms with van der Waals surface area (Å²) >= 11 is 0. The first kappa shape index (κ1) is 11.3. The minimum atomic E-state index is -4.35. The normalized spacial score (nSPS) is 25.6. The molecule has 1 saturated heterocycles. The number of halogens is 3. The Labute approximate surface area is 80.0 Å². The average molecular weight is 210 g/mol. The van der Waals surface area contributed by atoms with Crippen molar-refractivity contribution < 1.29 is 18.0 Å². The number of likely N-dealkylation sites (tertiary alicyclic amines) is 1. The molecule has 0 saturated carbocycles. The second-order valence-corrected chi connectivity index (χ2v) is 3.57. The lowest BCUT2D eigenvalue weighted by atomic mass is 10.1. The molecule has 82 valence electrons. The predicted octanol–water partition coefficient (Wildman–Crippen LogP) is 0.744. The van der Waals surface area contributed by atoms with E-state index in [1.54, 1.807) is 0 Å². The highest BCUT2D eigenvalue weighted by atomic mass is 19.4. The third-order valence-electron chi connectivity index (χ3n) is 2.51. The van der Waals surface area contributed by atoms with Crippen LogP contribution in [0.1, 0.15) is 13.3 Å². The van der Waals surface area contributed by atoms with E-state index < -0.39 is 18.1 Å². The van der Waals surface area contributed by atoms with Gasteiger partial charge >= 0.3 is 6.18 Å². The summed E-state index contributed by atoms with van der Waals surface area (Å²) in [6.07, 6.45) is -4.21. The molecule has 1 aliphatic heterocycles. The van der Waals surface area contributed by atoms with Gasteiger partial charge in [-0.3, -0.25) is 4.79 Å². The predicted molar refractivity (Wildman–Crippen MR) is 44.4 cm³/mol. The summed E-state index contributed by atoms with van der Waals surface area (Å²) in [4.78, 5) is 12.1. The standard InChI is InChI=1S/C8H13F3N2O/c1-5(8(9,10)11)13-4-6(3-12)2-7(13)14/h5-6H,2-4,12H2,1H3. The first-order valence-electron chi connectivity index (χ1n) is 4.42. The Morgan fingerprint density at radius 2 is 2.21 bits per heavy atom. The fraction of sp³-hybridized carbons (Fsp3) is 0.875. The van der Waals surface area contributed by atoms with Crippen molar-refractivity contribution in [2.45, 2.75) is 25.6 Å². The molecule has 0 aromatic carbocycles. The van der Waals surface area contributed by atoms with Gasteiger partial charge in [-0.1, -0.05) is 0 Å². The molecule has 0 aromatic rings. The molecular weight excluding hydrogens is 197 g/mol. The number of carbonyl (C=O) groups is 1. The number of rotatable bonds is 2. The van der Waals surface area contributed by atoms with Gasteiger partial charge in [-0.2, -0.15) is 13.2 Å². The summed E-state index contributed by atoms with van der Waals surface area (Å²) in [6, 6.07) is -1.70. The van der Waals surface area contributed by atoms with Gasteiger partial charge in [0.2, 0.25) is 5.91 Å². The zero-order valence-corrected chi connectivity index (χ0v) is 7.84. The van der Waals surface area contributed by atoms with Gasteiger partial charge < -0.3 is 10.6 Å². The molecular formula is C8H13F3N2O. The van der Waals surface area contributed by atoms with E-state index >= 15 is 0 Å². The maximum absolute atomic E-state index is 12.3. The maximum atomic E-state index is 12.3. The number of alkyl halides is 3. The van der Waals surface area contributed by atoms with Crippen LogP contribution in [0.25, 0.3) is 0 Å². The maximum Gasteiger partial charge on any atom is 0.408 e. The van der Waals surface area contributed by atoms with Crippen molar-refractivity contribution in [2.24, 2.45) is 11.7 Å². The molecule has 0 aliphatic carbocycles. The van der Waals surface area contributed by atoms with Crippen LogP contribution in [-0.2, 0) is 4.79 Å². The molecule has 1 fully saturated rings. The largest absolute Gasteiger partial charge is 0.408 e. The molecule has 2 N–H and O–H groups in total. The van der Waals surface area contributed by atoms with Crippen molar-refractivity contribution in [1.82, 2.24) is 4.90 Å². The molecule has 3 nitrogen and oxygen atoms in total. The number of carbonyl (C=O) groups excluding carboxylic acids is 1. The number of hydrogen-bond donors (Lipinski definition) is 1. The Morgan fingerprint density at radius 1 is 1.64 bits per heavy atom. The topological polar surface area (TPSA) is 46.3 Å². The van der Waals surface area contributed by atoms with Gasteiger partial charge in [0, 0.05) is 13.0 Å². The fourth-order valence-corrected chi connectivity index (χ4v) is 1.52. The molecule has 1 aliphatic rings.